The van der Waals surface area contributed by atoms with Crippen molar-refractivity contribution >= 4 is 46.1 Å². The number of aliphatic imine (C=N–C) groups is 1. The molecule has 0 radical (unpaired) electrons. The minimum Gasteiger partial charge on any atom is -0.493 e. The van der Waals surface area contributed by atoms with Crippen LogP contribution in [0.2, 0.25) is 5.02 Å². The van der Waals surface area contributed by atoms with Gasteiger partial charge in [-0.3, -0.25) is 4.99 Å². The first-order valence-electron chi connectivity index (χ1n) is 8.51. The van der Waals surface area contributed by atoms with Crippen molar-refractivity contribution in [2.45, 2.75) is 13.5 Å². The molecule has 144 valence electrons. The Morgan fingerprint density at radius 2 is 1.86 bits per heavy atom. The number of hydrogen-bond donors (Lipinski definition) is 0. The predicted molar refractivity (Wildman–Crippen MR) is 120 cm³/mol. The van der Waals surface area contributed by atoms with Gasteiger partial charge in [0.05, 0.1) is 16.4 Å². The van der Waals surface area contributed by atoms with E-state index in [1.165, 1.54) is 12.1 Å². The Morgan fingerprint density at radius 3 is 2.57 bits per heavy atom. The quantitative estimate of drug-likeness (QED) is 0.272. The van der Waals surface area contributed by atoms with Gasteiger partial charge in [-0.2, -0.15) is 0 Å². The highest BCUT2D eigenvalue weighted by atomic mass is 127. The zero-order chi connectivity index (χ0) is 20.1. The molecule has 0 unspecified atom stereocenters. The average molecular weight is 510 g/mol. The van der Waals surface area contributed by atoms with Gasteiger partial charge in [-0.15, -0.1) is 0 Å². The maximum atomic E-state index is 13.0. The van der Waals surface area contributed by atoms with Gasteiger partial charge in [-0.1, -0.05) is 29.8 Å². The Morgan fingerprint density at radius 1 is 1.11 bits per heavy atom. The van der Waals surface area contributed by atoms with Crippen molar-refractivity contribution in [2.75, 3.05) is 7.11 Å². The summed E-state index contributed by atoms with van der Waals surface area (Å²) >= 11 is 8.26. The molecule has 0 saturated carbocycles. The fraction of sp³-hybridized carbons (Fsp3) is 0.136. The third kappa shape index (κ3) is 5.23. The third-order valence-corrected chi connectivity index (χ3v) is 5.11. The molecule has 0 aromatic heterocycles. The summed E-state index contributed by atoms with van der Waals surface area (Å²) in [6, 6.07) is 15.7. The van der Waals surface area contributed by atoms with E-state index in [9.17, 15) is 4.39 Å². The van der Waals surface area contributed by atoms with Gasteiger partial charge >= 0.3 is 0 Å². The molecule has 0 heterocycles. The van der Waals surface area contributed by atoms with Crippen LogP contribution in [0.5, 0.6) is 11.5 Å². The molecule has 0 N–H and O–H groups in total. The smallest absolute Gasteiger partial charge is 0.174 e. The molecule has 3 rings (SSSR count). The van der Waals surface area contributed by atoms with Crippen LogP contribution in [0.3, 0.4) is 0 Å². The van der Waals surface area contributed by atoms with Crippen LogP contribution in [0.25, 0.3) is 0 Å². The summed E-state index contributed by atoms with van der Waals surface area (Å²) in [7, 11) is 1.60. The second-order valence-corrected chi connectivity index (χ2v) is 7.74. The monoisotopic (exact) mass is 509 g/mol. The summed E-state index contributed by atoms with van der Waals surface area (Å²) in [6.45, 7) is 2.31. The first kappa shape index (κ1) is 20.6. The largest absolute Gasteiger partial charge is 0.493 e. The molecule has 0 aliphatic carbocycles. The maximum Gasteiger partial charge on any atom is 0.174 e. The molecule has 0 fully saturated rings. The van der Waals surface area contributed by atoms with Crippen LogP contribution in [-0.2, 0) is 6.61 Å². The lowest BCUT2D eigenvalue weighted by Gasteiger charge is -2.13. The van der Waals surface area contributed by atoms with Crippen LogP contribution in [0, 0.1) is 16.3 Å². The zero-order valence-electron chi connectivity index (χ0n) is 15.4. The van der Waals surface area contributed by atoms with E-state index >= 15 is 0 Å². The van der Waals surface area contributed by atoms with E-state index in [1.807, 2.05) is 37.3 Å². The van der Waals surface area contributed by atoms with E-state index in [-0.39, 0.29) is 5.82 Å². The molecule has 0 bridgehead atoms. The van der Waals surface area contributed by atoms with Crippen LogP contribution >= 0.6 is 34.2 Å². The summed E-state index contributed by atoms with van der Waals surface area (Å²) in [4.78, 5) is 4.54. The van der Waals surface area contributed by atoms with Gasteiger partial charge < -0.3 is 9.47 Å². The van der Waals surface area contributed by atoms with Crippen LogP contribution in [0.15, 0.2) is 59.6 Å². The Balaban J connectivity index is 1.81. The summed E-state index contributed by atoms with van der Waals surface area (Å²) in [6.07, 6.45) is 1.77. The predicted octanol–water partition coefficient (Wildman–Crippen LogP) is 6.73. The van der Waals surface area contributed by atoms with E-state index in [2.05, 4.69) is 27.6 Å². The van der Waals surface area contributed by atoms with Gasteiger partial charge in [-0.05, 0) is 82.6 Å². The number of aryl methyl sites for hydroxylation is 1. The van der Waals surface area contributed by atoms with Gasteiger partial charge in [0.2, 0.25) is 0 Å². The second kappa shape index (κ2) is 9.39. The molecule has 3 nitrogen and oxygen atoms in total. The van der Waals surface area contributed by atoms with Crippen molar-refractivity contribution in [3.63, 3.8) is 0 Å². The Labute approximate surface area is 182 Å². The lowest BCUT2D eigenvalue weighted by atomic mass is 10.2. The van der Waals surface area contributed by atoms with Crippen LogP contribution in [-0.4, -0.2) is 13.3 Å². The molecule has 0 spiro atoms. The van der Waals surface area contributed by atoms with Gasteiger partial charge in [0.1, 0.15) is 12.4 Å². The topological polar surface area (TPSA) is 30.8 Å². The molecule has 0 aliphatic rings. The van der Waals surface area contributed by atoms with Gasteiger partial charge in [0.25, 0.3) is 0 Å². The number of benzene rings is 3. The molecule has 3 aromatic rings. The Hall–Kier alpha value is -2.12. The van der Waals surface area contributed by atoms with E-state index in [0.29, 0.717) is 23.1 Å². The van der Waals surface area contributed by atoms with E-state index in [0.717, 1.165) is 25.9 Å². The normalized spacial score (nSPS) is 11.0. The highest BCUT2D eigenvalue weighted by molar-refractivity contribution is 14.1. The highest BCUT2D eigenvalue weighted by Crippen LogP contribution is 2.34. The third-order valence-electron chi connectivity index (χ3n) is 4.07. The molecule has 0 aliphatic heterocycles. The Bertz CT molecular complexity index is 1010. The van der Waals surface area contributed by atoms with Gasteiger partial charge in [0, 0.05) is 11.2 Å². The zero-order valence-corrected chi connectivity index (χ0v) is 18.3. The average Bonchev–Trinajstić information content (AvgIpc) is 2.68. The van der Waals surface area contributed by atoms with Crippen LogP contribution < -0.4 is 9.47 Å². The van der Waals surface area contributed by atoms with Crippen molar-refractivity contribution in [1.29, 1.82) is 0 Å². The summed E-state index contributed by atoms with van der Waals surface area (Å²) in [5, 5.41) is 0.648. The van der Waals surface area contributed by atoms with Crippen molar-refractivity contribution < 1.29 is 13.9 Å². The molecule has 0 amide bonds. The molecular weight excluding hydrogens is 492 g/mol. The van der Waals surface area contributed by atoms with E-state index < -0.39 is 0 Å². The number of rotatable bonds is 6. The molecule has 28 heavy (non-hydrogen) atoms. The SMILES string of the molecule is COc1cc(C=Nc2cc(Cl)ccc2C)cc(I)c1OCc1ccc(F)cc1. The fourth-order valence-electron chi connectivity index (χ4n) is 2.56. The fourth-order valence-corrected chi connectivity index (χ4v) is 3.50. The number of nitrogens with zero attached hydrogens (tertiary/aromatic N) is 1. The van der Waals surface area contributed by atoms with Crippen molar-refractivity contribution in [2.24, 2.45) is 4.99 Å². The first-order chi connectivity index (χ1) is 13.5. The van der Waals surface area contributed by atoms with Gasteiger partial charge in [-0.25, -0.2) is 4.39 Å². The summed E-state index contributed by atoms with van der Waals surface area (Å²) in [5.41, 5.74) is 3.62. The Kier molecular flexibility index (Phi) is 6.91. The molecular formula is C22H18ClFINO2. The maximum absolute atomic E-state index is 13.0. The number of ether oxygens (including phenoxy) is 2. The molecule has 0 atom stereocenters. The van der Waals surface area contributed by atoms with Crippen LogP contribution in [0.1, 0.15) is 16.7 Å². The standard InChI is InChI=1S/C22H18ClFINO2/c1-14-3-6-17(23)11-20(14)26-12-16-9-19(25)22(21(10-16)27-2)28-13-15-4-7-18(24)8-5-15/h3-12H,13H2,1-2H3. The van der Waals surface area contributed by atoms with E-state index in [4.69, 9.17) is 21.1 Å². The summed E-state index contributed by atoms with van der Waals surface area (Å²) < 4.78 is 25.3. The lowest BCUT2D eigenvalue weighted by Crippen LogP contribution is -2.01. The highest BCUT2D eigenvalue weighted by Gasteiger charge is 2.12. The first-order valence-corrected chi connectivity index (χ1v) is 9.97. The van der Waals surface area contributed by atoms with Crippen molar-refractivity contribution in [3.05, 3.63) is 85.7 Å². The number of hydrogen-bond acceptors (Lipinski definition) is 3. The number of methoxy groups -OCH3 is 1. The molecule has 3 aromatic carbocycles. The van der Waals surface area contributed by atoms with Crippen molar-refractivity contribution in [1.82, 2.24) is 0 Å². The second-order valence-electron chi connectivity index (χ2n) is 6.14. The van der Waals surface area contributed by atoms with Gasteiger partial charge in [0.15, 0.2) is 11.5 Å². The van der Waals surface area contributed by atoms with E-state index in [1.54, 1.807) is 25.5 Å². The summed E-state index contributed by atoms with van der Waals surface area (Å²) in [5.74, 6) is 0.983. The number of halogens is 3. The minimum absolute atomic E-state index is 0.269. The lowest BCUT2D eigenvalue weighted by molar-refractivity contribution is 0.282. The van der Waals surface area contributed by atoms with Crippen LogP contribution in [0.4, 0.5) is 10.1 Å². The minimum atomic E-state index is -0.269. The van der Waals surface area contributed by atoms with Crippen molar-refractivity contribution in [3.8, 4) is 11.5 Å². The molecule has 6 heteroatoms. The molecule has 0 saturated heterocycles.